The molecule has 0 bridgehead atoms. The normalized spacial score (nSPS) is 12.7. The van der Waals surface area contributed by atoms with Gasteiger partial charge in [0.25, 0.3) is 0 Å². The summed E-state index contributed by atoms with van der Waals surface area (Å²) >= 11 is 0. The molecule has 3 heteroatoms. The molecule has 25 heavy (non-hydrogen) atoms. The molecule has 0 saturated carbocycles. The Bertz CT molecular complexity index is 748. The largest absolute Gasteiger partial charge is 0.508 e. The Morgan fingerprint density at radius 3 is 1.32 bits per heavy atom. The third-order valence-electron chi connectivity index (χ3n) is 4.14. The van der Waals surface area contributed by atoms with Gasteiger partial charge in [-0.1, -0.05) is 53.7 Å². The predicted octanol–water partition coefficient (Wildman–Crippen LogP) is 5.57. The van der Waals surface area contributed by atoms with Crippen LogP contribution in [0.4, 0.5) is 0 Å². The molecule has 3 nitrogen and oxygen atoms in total. The van der Waals surface area contributed by atoms with E-state index in [-0.39, 0.29) is 22.3 Å². The van der Waals surface area contributed by atoms with Gasteiger partial charge in [-0.25, -0.2) is 0 Å². The fraction of sp³-hybridized carbons (Fsp3) is 0.364. The van der Waals surface area contributed by atoms with Gasteiger partial charge in [0.1, 0.15) is 17.2 Å². The van der Waals surface area contributed by atoms with Crippen molar-refractivity contribution in [1.82, 2.24) is 0 Å². The summed E-state index contributed by atoms with van der Waals surface area (Å²) in [5.74, 6) is 0.402. The van der Waals surface area contributed by atoms with Crippen molar-refractivity contribution in [3.05, 3.63) is 52.6 Å². The van der Waals surface area contributed by atoms with Crippen LogP contribution in [0, 0.1) is 0 Å². The van der Waals surface area contributed by atoms with Gasteiger partial charge in [0.15, 0.2) is 0 Å². The van der Waals surface area contributed by atoms with E-state index in [0.29, 0.717) is 11.3 Å². The van der Waals surface area contributed by atoms with Crippen molar-refractivity contribution in [2.24, 2.45) is 0 Å². The smallest absolute Gasteiger partial charge is 0.123 e. The molecular formula is C22H28O3. The zero-order valence-electron chi connectivity index (χ0n) is 15.9. The quantitative estimate of drug-likeness (QED) is 0.626. The van der Waals surface area contributed by atoms with E-state index < -0.39 is 0 Å². The van der Waals surface area contributed by atoms with Crippen LogP contribution in [0.25, 0.3) is 12.2 Å². The molecule has 3 N–H and O–H groups in total. The van der Waals surface area contributed by atoms with Crippen molar-refractivity contribution in [2.45, 2.75) is 52.4 Å². The van der Waals surface area contributed by atoms with Gasteiger partial charge in [-0.3, -0.25) is 0 Å². The highest BCUT2D eigenvalue weighted by Gasteiger charge is 2.26. The number of benzene rings is 2. The van der Waals surface area contributed by atoms with Crippen molar-refractivity contribution < 1.29 is 15.3 Å². The Morgan fingerprint density at radius 2 is 0.960 bits per heavy atom. The third-order valence-corrected chi connectivity index (χ3v) is 4.14. The second-order valence-electron chi connectivity index (χ2n) is 8.58. The summed E-state index contributed by atoms with van der Waals surface area (Å²) in [6.45, 7) is 12.5. The van der Waals surface area contributed by atoms with E-state index >= 15 is 0 Å². The molecule has 2 aromatic rings. The standard InChI is InChI=1S/C22H28O3/c1-21(2,3)18-11-15(12-19(20(18)25)22(4,5)6)8-7-14-9-16(23)13-17(24)10-14/h7-13,23-25H,1-6H3/b8-7+. The summed E-state index contributed by atoms with van der Waals surface area (Å²) in [7, 11) is 0. The second-order valence-corrected chi connectivity index (χ2v) is 8.58. The Labute approximate surface area is 150 Å². The van der Waals surface area contributed by atoms with Crippen LogP contribution in [0.1, 0.15) is 63.8 Å². The van der Waals surface area contributed by atoms with Crippen LogP contribution in [-0.2, 0) is 10.8 Å². The van der Waals surface area contributed by atoms with E-state index in [9.17, 15) is 15.3 Å². The van der Waals surface area contributed by atoms with Crippen molar-refractivity contribution in [3.8, 4) is 17.2 Å². The number of rotatable bonds is 2. The highest BCUT2D eigenvalue weighted by atomic mass is 16.3. The summed E-state index contributed by atoms with van der Waals surface area (Å²) in [5.41, 5.74) is 3.11. The lowest BCUT2D eigenvalue weighted by molar-refractivity contribution is 0.423. The van der Waals surface area contributed by atoms with E-state index in [1.807, 2.05) is 24.3 Å². The zero-order valence-corrected chi connectivity index (χ0v) is 15.9. The third kappa shape index (κ3) is 4.56. The molecule has 0 radical (unpaired) electrons. The van der Waals surface area contributed by atoms with E-state index in [1.54, 1.807) is 12.1 Å². The Kier molecular flexibility index (Phi) is 4.90. The van der Waals surface area contributed by atoms with Crippen molar-refractivity contribution in [3.63, 3.8) is 0 Å². The minimum atomic E-state index is -0.183. The maximum atomic E-state index is 10.8. The summed E-state index contributed by atoms with van der Waals surface area (Å²) in [4.78, 5) is 0. The van der Waals surface area contributed by atoms with Crippen LogP contribution in [0.15, 0.2) is 30.3 Å². The SMILES string of the molecule is CC(C)(C)c1cc(/C=C/c2cc(O)cc(O)c2)cc(C(C)(C)C)c1O. The molecule has 0 aromatic heterocycles. The van der Waals surface area contributed by atoms with Gasteiger partial charge < -0.3 is 15.3 Å². The molecule has 0 heterocycles. The molecule has 0 spiro atoms. The number of aromatic hydroxyl groups is 3. The highest BCUT2D eigenvalue weighted by Crippen LogP contribution is 2.40. The first-order valence-electron chi connectivity index (χ1n) is 8.47. The summed E-state index contributed by atoms with van der Waals surface area (Å²) in [6.07, 6.45) is 3.77. The first kappa shape index (κ1) is 18.9. The van der Waals surface area contributed by atoms with Crippen molar-refractivity contribution in [2.75, 3.05) is 0 Å². The number of phenols is 3. The van der Waals surface area contributed by atoms with Crippen molar-refractivity contribution >= 4 is 12.2 Å². The van der Waals surface area contributed by atoms with Gasteiger partial charge in [-0.2, -0.15) is 0 Å². The molecule has 2 aromatic carbocycles. The molecular weight excluding hydrogens is 312 g/mol. The lowest BCUT2D eigenvalue weighted by Gasteiger charge is -2.27. The lowest BCUT2D eigenvalue weighted by atomic mass is 9.78. The molecule has 0 saturated heterocycles. The monoisotopic (exact) mass is 340 g/mol. The van der Waals surface area contributed by atoms with Gasteiger partial charge in [-0.05, 0) is 46.2 Å². The fourth-order valence-electron chi connectivity index (χ4n) is 2.80. The van der Waals surface area contributed by atoms with Crippen LogP contribution in [0.2, 0.25) is 0 Å². The lowest BCUT2D eigenvalue weighted by Crippen LogP contribution is -2.17. The van der Waals surface area contributed by atoms with Crippen LogP contribution < -0.4 is 0 Å². The fourth-order valence-corrected chi connectivity index (χ4v) is 2.80. The topological polar surface area (TPSA) is 60.7 Å². The second kappa shape index (κ2) is 6.47. The molecule has 0 aliphatic rings. The van der Waals surface area contributed by atoms with Gasteiger partial charge in [0, 0.05) is 17.2 Å². The molecule has 134 valence electrons. The van der Waals surface area contributed by atoms with Crippen LogP contribution in [0.3, 0.4) is 0 Å². The highest BCUT2D eigenvalue weighted by molar-refractivity contribution is 5.72. The summed E-state index contributed by atoms with van der Waals surface area (Å²) < 4.78 is 0. The summed E-state index contributed by atoms with van der Waals surface area (Å²) in [5, 5.41) is 30.0. The zero-order chi connectivity index (χ0) is 19.0. The summed E-state index contributed by atoms with van der Waals surface area (Å²) in [6, 6.07) is 8.46. The van der Waals surface area contributed by atoms with Gasteiger partial charge in [0.2, 0.25) is 0 Å². The van der Waals surface area contributed by atoms with Gasteiger partial charge >= 0.3 is 0 Å². The first-order chi connectivity index (χ1) is 11.4. The van der Waals surface area contributed by atoms with Crippen LogP contribution in [-0.4, -0.2) is 15.3 Å². The maximum Gasteiger partial charge on any atom is 0.123 e. The van der Waals surface area contributed by atoms with E-state index in [0.717, 1.165) is 16.7 Å². The number of phenolic OH excluding ortho intramolecular Hbond substituents is 3. The van der Waals surface area contributed by atoms with Gasteiger partial charge in [-0.15, -0.1) is 0 Å². The molecule has 0 unspecified atom stereocenters. The Morgan fingerprint density at radius 1 is 0.600 bits per heavy atom. The van der Waals surface area contributed by atoms with E-state index in [1.165, 1.54) is 6.07 Å². The molecule has 0 atom stereocenters. The predicted molar refractivity (Wildman–Crippen MR) is 104 cm³/mol. The minimum Gasteiger partial charge on any atom is -0.508 e. The Balaban J connectivity index is 2.56. The molecule has 0 aliphatic carbocycles. The Hall–Kier alpha value is -2.42. The van der Waals surface area contributed by atoms with Crippen molar-refractivity contribution in [1.29, 1.82) is 0 Å². The van der Waals surface area contributed by atoms with E-state index in [2.05, 4.69) is 41.5 Å². The first-order valence-corrected chi connectivity index (χ1v) is 8.47. The average molecular weight is 340 g/mol. The maximum absolute atomic E-state index is 10.8. The molecule has 0 fully saturated rings. The van der Waals surface area contributed by atoms with E-state index in [4.69, 9.17) is 0 Å². The van der Waals surface area contributed by atoms with Gasteiger partial charge in [0.05, 0.1) is 0 Å². The minimum absolute atomic E-state index is 0.0242. The number of hydrogen-bond acceptors (Lipinski definition) is 3. The van der Waals surface area contributed by atoms with Crippen LogP contribution in [0.5, 0.6) is 17.2 Å². The average Bonchev–Trinajstić information content (AvgIpc) is 2.42. The number of hydrogen-bond donors (Lipinski definition) is 3. The molecule has 2 rings (SSSR count). The van der Waals surface area contributed by atoms with Crippen LogP contribution >= 0.6 is 0 Å². The molecule has 0 aliphatic heterocycles. The molecule has 0 amide bonds.